The molecule has 0 radical (unpaired) electrons. The van der Waals surface area contributed by atoms with Crippen LogP contribution in [0.5, 0.6) is 0 Å². The summed E-state index contributed by atoms with van der Waals surface area (Å²) in [6.45, 7) is 1.98. The molecule has 1 aliphatic rings. The minimum Gasteiger partial charge on any atom is -0.327 e. The minimum atomic E-state index is -0.0339. The van der Waals surface area contributed by atoms with E-state index in [4.69, 9.17) is 5.73 Å². The van der Waals surface area contributed by atoms with Crippen LogP contribution in [-0.2, 0) is 4.79 Å². The van der Waals surface area contributed by atoms with E-state index < -0.39 is 0 Å². The third-order valence-corrected chi connectivity index (χ3v) is 4.29. The van der Waals surface area contributed by atoms with Crippen LogP contribution in [0.15, 0.2) is 22.7 Å². The fourth-order valence-corrected chi connectivity index (χ4v) is 2.65. The highest BCUT2D eigenvalue weighted by Crippen LogP contribution is 2.28. The quantitative estimate of drug-likeness (QED) is 0.873. The second-order valence-corrected chi connectivity index (χ2v) is 5.46. The van der Waals surface area contributed by atoms with Gasteiger partial charge in [-0.3, -0.25) is 4.79 Å². The van der Waals surface area contributed by atoms with Crippen LogP contribution in [0.3, 0.4) is 0 Å². The Kier molecular flexibility index (Phi) is 5.63. The van der Waals surface area contributed by atoms with Crippen molar-refractivity contribution in [3.05, 3.63) is 28.2 Å². The third-order valence-electron chi connectivity index (χ3n) is 3.43. The number of carbonyl (C=O) groups is 1. The zero-order valence-corrected chi connectivity index (χ0v) is 12.7. The molecule has 2 rings (SSSR count). The molecular formula is C13H18BrClN2O. The van der Waals surface area contributed by atoms with Crippen molar-refractivity contribution in [2.24, 2.45) is 11.7 Å². The summed E-state index contributed by atoms with van der Waals surface area (Å²) < 4.78 is 1.01. The number of anilines is 1. The molecule has 0 aliphatic heterocycles. The first-order valence-corrected chi connectivity index (χ1v) is 6.70. The van der Waals surface area contributed by atoms with Crippen molar-refractivity contribution in [1.29, 1.82) is 0 Å². The van der Waals surface area contributed by atoms with Crippen LogP contribution in [0.2, 0.25) is 0 Å². The summed E-state index contributed by atoms with van der Waals surface area (Å²) in [5.41, 5.74) is 7.84. The molecule has 0 aromatic heterocycles. The molecule has 100 valence electrons. The second kappa shape index (κ2) is 6.55. The van der Waals surface area contributed by atoms with E-state index in [0.29, 0.717) is 0 Å². The highest BCUT2D eigenvalue weighted by atomic mass is 79.9. The SMILES string of the molecule is Cc1c(Br)cccc1NC(=O)C1CCCC1N.Cl. The average Bonchev–Trinajstić information content (AvgIpc) is 2.71. The molecule has 1 saturated carbocycles. The average molecular weight is 334 g/mol. The van der Waals surface area contributed by atoms with E-state index in [0.717, 1.165) is 35.0 Å². The molecular weight excluding hydrogens is 316 g/mol. The van der Waals surface area contributed by atoms with E-state index in [1.54, 1.807) is 0 Å². The topological polar surface area (TPSA) is 55.1 Å². The van der Waals surface area contributed by atoms with E-state index in [-0.39, 0.29) is 30.3 Å². The molecule has 5 heteroatoms. The Morgan fingerprint density at radius 1 is 1.44 bits per heavy atom. The Hall–Kier alpha value is -0.580. The fourth-order valence-electron chi connectivity index (χ4n) is 2.28. The number of amides is 1. The first-order chi connectivity index (χ1) is 8.09. The smallest absolute Gasteiger partial charge is 0.229 e. The van der Waals surface area contributed by atoms with Crippen molar-refractivity contribution in [3.8, 4) is 0 Å². The van der Waals surface area contributed by atoms with Crippen molar-refractivity contribution < 1.29 is 4.79 Å². The molecule has 1 fully saturated rings. The molecule has 18 heavy (non-hydrogen) atoms. The maximum atomic E-state index is 12.1. The molecule has 1 aromatic rings. The summed E-state index contributed by atoms with van der Waals surface area (Å²) in [6.07, 6.45) is 2.91. The van der Waals surface area contributed by atoms with Gasteiger partial charge in [0.15, 0.2) is 0 Å². The molecule has 0 heterocycles. The van der Waals surface area contributed by atoms with Crippen molar-refractivity contribution in [1.82, 2.24) is 0 Å². The lowest BCUT2D eigenvalue weighted by molar-refractivity contribution is -0.120. The standard InChI is InChI=1S/C13H17BrN2O.ClH/c1-8-10(14)5-3-7-12(8)16-13(17)9-4-2-6-11(9)15;/h3,5,7,9,11H,2,4,6,15H2,1H3,(H,16,17);1H. The van der Waals surface area contributed by atoms with Crippen LogP contribution in [-0.4, -0.2) is 11.9 Å². The van der Waals surface area contributed by atoms with Crippen LogP contribution in [0.1, 0.15) is 24.8 Å². The number of halogens is 2. The lowest BCUT2D eigenvalue weighted by Crippen LogP contribution is -2.34. The monoisotopic (exact) mass is 332 g/mol. The van der Waals surface area contributed by atoms with Crippen molar-refractivity contribution in [2.75, 3.05) is 5.32 Å². The number of hydrogen-bond acceptors (Lipinski definition) is 2. The summed E-state index contributed by atoms with van der Waals surface area (Å²) in [5, 5.41) is 2.97. The molecule has 0 saturated heterocycles. The van der Waals surface area contributed by atoms with Crippen molar-refractivity contribution in [2.45, 2.75) is 32.2 Å². The van der Waals surface area contributed by atoms with E-state index >= 15 is 0 Å². The highest BCUT2D eigenvalue weighted by molar-refractivity contribution is 9.10. The van der Waals surface area contributed by atoms with Gasteiger partial charge in [-0.15, -0.1) is 12.4 Å². The molecule has 3 nitrogen and oxygen atoms in total. The highest BCUT2D eigenvalue weighted by Gasteiger charge is 2.30. The van der Waals surface area contributed by atoms with Gasteiger partial charge in [0.05, 0.1) is 5.92 Å². The van der Waals surface area contributed by atoms with Gasteiger partial charge >= 0.3 is 0 Å². The predicted molar refractivity (Wildman–Crippen MR) is 80.1 cm³/mol. The lowest BCUT2D eigenvalue weighted by atomic mass is 10.0. The number of nitrogens with two attached hydrogens (primary N) is 1. The fraction of sp³-hybridized carbons (Fsp3) is 0.462. The number of carbonyl (C=O) groups excluding carboxylic acids is 1. The van der Waals surface area contributed by atoms with Gasteiger partial charge in [0, 0.05) is 16.2 Å². The summed E-state index contributed by atoms with van der Waals surface area (Å²) in [5.74, 6) is 0.0181. The van der Waals surface area contributed by atoms with Gasteiger partial charge in [0.2, 0.25) is 5.91 Å². The molecule has 0 bridgehead atoms. The summed E-state index contributed by atoms with van der Waals surface area (Å²) in [7, 11) is 0. The first-order valence-electron chi connectivity index (χ1n) is 5.91. The Balaban J connectivity index is 0.00000162. The van der Waals surface area contributed by atoms with Gasteiger partial charge in [0.25, 0.3) is 0 Å². The number of hydrogen-bond donors (Lipinski definition) is 2. The van der Waals surface area contributed by atoms with Crippen LogP contribution in [0.25, 0.3) is 0 Å². The molecule has 1 aromatic carbocycles. The van der Waals surface area contributed by atoms with Crippen molar-refractivity contribution in [3.63, 3.8) is 0 Å². The molecule has 2 unspecified atom stereocenters. The maximum Gasteiger partial charge on any atom is 0.229 e. The second-order valence-electron chi connectivity index (χ2n) is 4.60. The molecule has 3 N–H and O–H groups in total. The largest absolute Gasteiger partial charge is 0.327 e. The normalized spacial score (nSPS) is 22.4. The van der Waals surface area contributed by atoms with E-state index in [1.165, 1.54) is 0 Å². The minimum absolute atomic E-state index is 0. The number of nitrogens with one attached hydrogen (secondary N) is 1. The van der Waals surface area contributed by atoms with Crippen molar-refractivity contribution >= 4 is 39.9 Å². The van der Waals surface area contributed by atoms with Gasteiger partial charge in [-0.05, 0) is 37.5 Å². The zero-order chi connectivity index (χ0) is 12.4. The Labute approximate surface area is 122 Å². The molecule has 1 aliphatic carbocycles. The lowest BCUT2D eigenvalue weighted by Gasteiger charge is -2.16. The van der Waals surface area contributed by atoms with Gasteiger partial charge in [-0.1, -0.05) is 28.4 Å². The van der Waals surface area contributed by atoms with Gasteiger partial charge in [0.1, 0.15) is 0 Å². The summed E-state index contributed by atoms with van der Waals surface area (Å²) in [4.78, 5) is 12.1. The predicted octanol–water partition coefficient (Wildman–Crippen LogP) is 3.25. The molecule has 0 spiro atoms. The van der Waals surface area contributed by atoms with Crippen LogP contribution >= 0.6 is 28.3 Å². The van der Waals surface area contributed by atoms with Gasteiger partial charge in [-0.25, -0.2) is 0 Å². The van der Waals surface area contributed by atoms with E-state index in [2.05, 4.69) is 21.2 Å². The Morgan fingerprint density at radius 2 is 2.17 bits per heavy atom. The number of benzene rings is 1. The number of rotatable bonds is 2. The van der Waals surface area contributed by atoms with Gasteiger partial charge in [-0.2, -0.15) is 0 Å². The third kappa shape index (κ3) is 3.25. The van der Waals surface area contributed by atoms with Crippen LogP contribution in [0, 0.1) is 12.8 Å². The van der Waals surface area contributed by atoms with Crippen LogP contribution in [0.4, 0.5) is 5.69 Å². The Morgan fingerprint density at radius 3 is 2.78 bits per heavy atom. The van der Waals surface area contributed by atoms with E-state index in [1.807, 2.05) is 25.1 Å². The zero-order valence-electron chi connectivity index (χ0n) is 10.3. The molecule has 2 atom stereocenters. The summed E-state index contributed by atoms with van der Waals surface area (Å²) >= 11 is 3.46. The van der Waals surface area contributed by atoms with E-state index in [9.17, 15) is 4.79 Å². The van der Waals surface area contributed by atoms with Gasteiger partial charge < -0.3 is 11.1 Å². The summed E-state index contributed by atoms with van der Waals surface area (Å²) in [6, 6.07) is 5.81. The van der Waals surface area contributed by atoms with Crippen LogP contribution < -0.4 is 11.1 Å². The molecule has 1 amide bonds. The Bertz CT molecular complexity index is 439. The maximum absolute atomic E-state index is 12.1. The first kappa shape index (κ1) is 15.5.